The van der Waals surface area contributed by atoms with Gasteiger partial charge in [-0.1, -0.05) is 25.7 Å². The Morgan fingerprint density at radius 1 is 0.580 bits per heavy atom. The zero-order valence-electron chi connectivity index (χ0n) is 47.6. The maximum absolute atomic E-state index is 13.0. The van der Waals surface area contributed by atoms with Gasteiger partial charge in [0.05, 0.1) is 121 Å². The molecule has 2 aliphatic heterocycles. The van der Waals surface area contributed by atoms with Crippen LogP contribution in [0.2, 0.25) is 0 Å². The minimum atomic E-state index is -4.87. The van der Waals surface area contributed by atoms with Gasteiger partial charge in [-0.3, -0.25) is 28.3 Å². The highest BCUT2D eigenvalue weighted by atomic mass is 31.2. The van der Waals surface area contributed by atoms with Crippen LogP contribution in [0.5, 0.6) is 0 Å². The molecule has 0 aliphatic carbocycles. The standard InChI is InChI=1S/C49H94N4O26P2/c1-31(56)35(52-40(59)17-13-10-14-18-72-48-43(51-34(4)58)47(64)45(62)39(28-55)78-48)30-76-80(65,66)74-25-23-70-21-19-69-20-22-71-24-26-75-81(67,68)79-32(2)36(29-73-49(5,6)7)53-41(60)16-12-9-8-11-15-37-42(50-33(3)57)46(63)44(61)38(27-54)77-37/h31-32,35-39,42-48,54-56,61-64H,8-30H2,1-7H3,(H,50,57)(H,51,58)(H,52,59)(H,53,60)(H,65,66)(H,67,68)/p-2/t31?,32?,35?,36?,37-,38?,39?,42?,43?,44-,45-,46+,47+,48+/m0/s1. The first kappa shape index (κ1) is 74.6. The van der Waals surface area contributed by atoms with Gasteiger partial charge in [-0.05, 0) is 60.3 Å². The lowest BCUT2D eigenvalue weighted by Crippen LogP contribution is -2.64. The molecule has 476 valence electrons. The van der Waals surface area contributed by atoms with E-state index in [2.05, 4.69) is 21.3 Å². The fraction of sp³-hybridized carbons (Fsp3) is 0.918. The molecule has 2 saturated heterocycles. The number of amides is 4. The van der Waals surface area contributed by atoms with Crippen LogP contribution in [0.1, 0.15) is 113 Å². The third-order valence-corrected chi connectivity index (χ3v) is 14.6. The summed E-state index contributed by atoms with van der Waals surface area (Å²) >= 11 is 0. The molecular formula is C49H92N4O26P2-2. The zero-order valence-corrected chi connectivity index (χ0v) is 49.4. The quantitative estimate of drug-likeness (QED) is 0.0221. The van der Waals surface area contributed by atoms with Crippen molar-refractivity contribution in [1.29, 1.82) is 0 Å². The van der Waals surface area contributed by atoms with Crippen molar-refractivity contribution in [3.63, 3.8) is 0 Å². The second-order valence-electron chi connectivity index (χ2n) is 20.7. The van der Waals surface area contributed by atoms with Crippen molar-refractivity contribution in [2.75, 3.05) is 85.9 Å². The van der Waals surface area contributed by atoms with Crippen LogP contribution in [0, 0.1) is 0 Å². The smallest absolute Gasteiger partial charge is 0.268 e. The highest BCUT2D eigenvalue weighted by molar-refractivity contribution is 7.46. The molecule has 30 nitrogen and oxygen atoms in total. The first-order valence-electron chi connectivity index (χ1n) is 27.4. The summed E-state index contributed by atoms with van der Waals surface area (Å²) < 4.78 is 83.7. The van der Waals surface area contributed by atoms with Crippen molar-refractivity contribution >= 4 is 39.3 Å². The van der Waals surface area contributed by atoms with Crippen molar-refractivity contribution in [2.24, 2.45) is 0 Å². The van der Waals surface area contributed by atoms with Gasteiger partial charge in [-0.25, -0.2) is 0 Å². The highest BCUT2D eigenvalue weighted by Gasteiger charge is 2.46. The Labute approximate surface area is 474 Å². The molecule has 81 heavy (non-hydrogen) atoms. The van der Waals surface area contributed by atoms with Gasteiger partial charge in [0.25, 0.3) is 15.6 Å². The molecule has 0 aromatic heterocycles. The maximum Gasteiger partial charge on any atom is 0.268 e. The summed E-state index contributed by atoms with van der Waals surface area (Å²) in [6, 6.07) is -3.89. The predicted molar refractivity (Wildman–Crippen MR) is 280 cm³/mol. The molecule has 10 unspecified atom stereocenters. The number of aliphatic hydroxyl groups is 7. The molecule has 16 atom stereocenters. The van der Waals surface area contributed by atoms with E-state index in [-0.39, 0.29) is 78.2 Å². The number of rotatable bonds is 43. The Bertz CT molecular complexity index is 1890. The average Bonchev–Trinajstić information content (AvgIpc) is 3.41. The summed E-state index contributed by atoms with van der Waals surface area (Å²) in [5.41, 5.74) is -0.619. The van der Waals surface area contributed by atoms with Gasteiger partial charge in [0.1, 0.15) is 42.7 Å². The third-order valence-electron chi connectivity index (χ3n) is 12.6. The number of carbonyl (C=O) groups is 4. The topological polar surface area (TPSA) is 440 Å². The summed E-state index contributed by atoms with van der Waals surface area (Å²) in [6.07, 6.45) is -7.50. The summed E-state index contributed by atoms with van der Waals surface area (Å²) in [6.45, 7) is 8.26. The number of nitrogens with one attached hydrogen (secondary N) is 4. The van der Waals surface area contributed by atoms with Gasteiger partial charge < -0.3 is 118 Å². The van der Waals surface area contributed by atoms with Crippen molar-refractivity contribution < 1.29 is 125 Å². The highest BCUT2D eigenvalue weighted by Crippen LogP contribution is 2.40. The van der Waals surface area contributed by atoms with Crippen LogP contribution in [0.4, 0.5) is 0 Å². The van der Waals surface area contributed by atoms with Crippen LogP contribution in [-0.2, 0) is 79.6 Å². The Morgan fingerprint density at radius 3 is 1.57 bits per heavy atom. The van der Waals surface area contributed by atoms with E-state index in [1.807, 2.05) is 0 Å². The molecule has 11 N–H and O–H groups in total. The molecule has 0 aromatic rings. The van der Waals surface area contributed by atoms with Crippen LogP contribution >= 0.6 is 15.6 Å². The lowest BCUT2D eigenvalue weighted by Gasteiger charge is -2.42. The predicted octanol–water partition coefficient (Wildman–Crippen LogP) is -2.56. The number of hydrogen-bond donors (Lipinski definition) is 11. The van der Waals surface area contributed by atoms with E-state index in [0.29, 0.717) is 51.4 Å². The molecule has 2 rings (SSSR count). The first-order valence-corrected chi connectivity index (χ1v) is 30.3. The zero-order chi connectivity index (χ0) is 60.8. The van der Waals surface area contributed by atoms with Crippen LogP contribution in [0.3, 0.4) is 0 Å². The number of phosphoric ester groups is 2. The molecule has 0 bridgehead atoms. The molecule has 32 heteroatoms. The molecular weight excluding hydrogens is 1120 g/mol. The van der Waals surface area contributed by atoms with Crippen LogP contribution in [0.25, 0.3) is 0 Å². The molecule has 0 spiro atoms. The Kier molecular flexibility index (Phi) is 36.2. The Hall–Kier alpha value is -2.46. The average molecular weight is 1220 g/mol. The van der Waals surface area contributed by atoms with Crippen LogP contribution in [0.15, 0.2) is 0 Å². The molecule has 2 heterocycles. The third kappa shape index (κ3) is 31.5. The van der Waals surface area contributed by atoms with Crippen molar-refractivity contribution in [3.8, 4) is 0 Å². The van der Waals surface area contributed by atoms with Gasteiger partial charge >= 0.3 is 0 Å². The summed E-state index contributed by atoms with van der Waals surface area (Å²) in [7, 11) is -9.74. The van der Waals surface area contributed by atoms with E-state index >= 15 is 0 Å². The lowest BCUT2D eigenvalue weighted by atomic mass is 9.90. The SMILES string of the molecule is CC(=O)NC1[C@H](OCCCCCC(=O)NC(COP(=O)([O-])OCCOCCOCCOCCOP(=O)([O-])OC(C)C(COC(C)(C)C)NC(=O)CCCCCC[C@@H]2OC(CO)[C@H](O)[C@H](O)C2NC(C)=O)C(C)O)OC(CO)[C@H](O)[C@@H]1O. The van der Waals surface area contributed by atoms with Crippen molar-refractivity contribution in [1.82, 2.24) is 21.3 Å². The van der Waals surface area contributed by atoms with E-state index < -0.39 is 151 Å². The van der Waals surface area contributed by atoms with Crippen molar-refractivity contribution in [3.05, 3.63) is 0 Å². The summed E-state index contributed by atoms with van der Waals surface area (Å²) in [5, 5.41) is 80.8. The largest absolute Gasteiger partial charge is 0.756 e. The number of ether oxygens (including phenoxy) is 7. The number of unbranched alkanes of at least 4 members (excludes halogenated alkanes) is 5. The van der Waals surface area contributed by atoms with Crippen molar-refractivity contribution in [2.45, 2.75) is 204 Å². The van der Waals surface area contributed by atoms with Gasteiger partial charge in [-0.15, -0.1) is 0 Å². The van der Waals surface area contributed by atoms with E-state index in [9.17, 15) is 73.8 Å². The molecule has 0 aromatic carbocycles. The lowest BCUT2D eigenvalue weighted by molar-refractivity contribution is -0.270. The van der Waals surface area contributed by atoms with E-state index in [1.165, 1.54) is 27.7 Å². The minimum Gasteiger partial charge on any atom is -0.756 e. The normalized spacial score (nSPS) is 26.3. The summed E-state index contributed by atoms with van der Waals surface area (Å²) in [5.74, 6) is -1.74. The number of phosphoric acid groups is 2. The summed E-state index contributed by atoms with van der Waals surface area (Å²) in [4.78, 5) is 73.9. The van der Waals surface area contributed by atoms with E-state index in [4.69, 9.17) is 51.3 Å². The van der Waals surface area contributed by atoms with Gasteiger partial charge in [0.15, 0.2) is 6.29 Å². The second kappa shape index (κ2) is 39.3. The number of carbonyl (C=O) groups excluding carboxylic acids is 4. The van der Waals surface area contributed by atoms with E-state index in [1.54, 1.807) is 20.8 Å². The number of hydrogen-bond acceptors (Lipinski definition) is 26. The molecule has 0 saturated carbocycles. The van der Waals surface area contributed by atoms with Gasteiger partial charge in [-0.2, -0.15) is 0 Å². The van der Waals surface area contributed by atoms with Gasteiger partial charge in [0, 0.05) is 33.3 Å². The Morgan fingerprint density at radius 2 is 1.05 bits per heavy atom. The second-order valence-corrected chi connectivity index (χ2v) is 23.5. The van der Waals surface area contributed by atoms with Crippen LogP contribution in [-0.4, -0.2) is 236 Å². The molecule has 2 fully saturated rings. The Balaban J connectivity index is 1.58. The van der Waals surface area contributed by atoms with E-state index in [0.717, 1.165) is 0 Å². The minimum absolute atomic E-state index is 0.0173. The molecule has 0 radical (unpaired) electrons. The number of aliphatic hydroxyl groups excluding tert-OH is 7. The maximum atomic E-state index is 13.0. The fourth-order valence-electron chi connectivity index (χ4n) is 8.18. The monoisotopic (exact) mass is 1210 g/mol. The first-order chi connectivity index (χ1) is 38.1. The van der Waals surface area contributed by atoms with Gasteiger partial charge in [0.2, 0.25) is 23.6 Å². The molecule has 2 aliphatic rings. The van der Waals surface area contributed by atoms with Crippen LogP contribution < -0.4 is 31.1 Å². The fourth-order valence-corrected chi connectivity index (χ4v) is 9.81. The molecule has 4 amide bonds.